The fourth-order valence-electron chi connectivity index (χ4n) is 2.35. The summed E-state index contributed by atoms with van der Waals surface area (Å²) in [6.07, 6.45) is -0.922. The zero-order valence-corrected chi connectivity index (χ0v) is 16.8. The molecular formula is C19H25N3O3S. The molecule has 1 amide bonds. The third-order valence-electron chi connectivity index (χ3n) is 3.97. The minimum Gasteiger partial charge on any atom is -0.449 e. The van der Waals surface area contributed by atoms with Crippen LogP contribution in [-0.4, -0.2) is 29.4 Å². The normalized spacial score (nSPS) is 12.4. The van der Waals surface area contributed by atoms with Gasteiger partial charge in [-0.2, -0.15) is 4.37 Å². The van der Waals surface area contributed by atoms with Crippen LogP contribution in [0.1, 0.15) is 49.3 Å². The molecule has 0 aliphatic carbocycles. The number of anilines is 2. The molecule has 0 radical (unpaired) electrons. The first-order valence-corrected chi connectivity index (χ1v) is 9.17. The molecule has 26 heavy (non-hydrogen) atoms. The van der Waals surface area contributed by atoms with Gasteiger partial charge in [0.05, 0.1) is 5.69 Å². The van der Waals surface area contributed by atoms with Crippen molar-refractivity contribution >= 4 is 34.1 Å². The van der Waals surface area contributed by atoms with Gasteiger partial charge >= 0.3 is 5.97 Å². The number of carbonyl (C=O) groups is 2. The van der Waals surface area contributed by atoms with Crippen molar-refractivity contribution in [3.63, 3.8) is 0 Å². The fraction of sp³-hybridized carbons (Fsp3) is 0.421. The van der Waals surface area contributed by atoms with Gasteiger partial charge in [-0.25, -0.2) is 4.79 Å². The molecule has 0 aliphatic rings. The molecule has 1 heterocycles. The maximum Gasteiger partial charge on any atom is 0.343 e. The average molecular weight is 375 g/mol. The number of nitrogens with one attached hydrogen (secondary N) is 2. The second-order valence-electron chi connectivity index (χ2n) is 7.09. The summed E-state index contributed by atoms with van der Waals surface area (Å²) in [5.41, 5.74) is 2.83. The fourth-order valence-corrected chi connectivity index (χ4v) is 3.08. The summed E-state index contributed by atoms with van der Waals surface area (Å²) in [5.74, 6) is -0.944. The minimum atomic E-state index is -0.922. The second kappa shape index (κ2) is 7.86. The molecule has 1 aromatic carbocycles. The van der Waals surface area contributed by atoms with Crippen molar-refractivity contribution in [2.45, 2.75) is 46.1 Å². The number of carbonyl (C=O) groups excluding carboxylic acids is 2. The van der Waals surface area contributed by atoms with Gasteiger partial charge in [0, 0.05) is 12.7 Å². The third kappa shape index (κ3) is 4.60. The van der Waals surface area contributed by atoms with Crippen molar-refractivity contribution in [1.82, 2.24) is 4.37 Å². The van der Waals surface area contributed by atoms with E-state index in [0.29, 0.717) is 21.9 Å². The van der Waals surface area contributed by atoms with Crippen molar-refractivity contribution in [3.8, 4) is 0 Å². The number of aryl methyl sites for hydroxylation is 1. The molecule has 2 N–H and O–H groups in total. The van der Waals surface area contributed by atoms with Crippen molar-refractivity contribution in [1.29, 1.82) is 0 Å². The van der Waals surface area contributed by atoms with Crippen LogP contribution in [0.4, 0.5) is 10.7 Å². The number of benzene rings is 1. The van der Waals surface area contributed by atoms with Crippen LogP contribution in [0.15, 0.2) is 24.3 Å². The van der Waals surface area contributed by atoms with E-state index in [1.807, 2.05) is 24.3 Å². The number of nitrogens with zero attached hydrogens (tertiary/aromatic N) is 1. The number of esters is 1. The zero-order chi connectivity index (χ0) is 19.5. The standard InChI is InChI=1S/C19H25N3O3S/c1-11-15(17(20-6)26-22-11)18(24)25-12(2)16(23)21-14-9-7-13(8-10-14)19(3,4)5/h7-10,12,20H,1-6H3,(H,21,23). The topological polar surface area (TPSA) is 80.3 Å². The molecule has 2 aromatic rings. The Bertz CT molecular complexity index is 791. The van der Waals surface area contributed by atoms with Crippen molar-refractivity contribution in [3.05, 3.63) is 41.1 Å². The average Bonchev–Trinajstić information content (AvgIpc) is 2.95. The Labute approximate surface area is 158 Å². The van der Waals surface area contributed by atoms with Crippen molar-refractivity contribution < 1.29 is 14.3 Å². The van der Waals surface area contributed by atoms with E-state index in [1.54, 1.807) is 20.9 Å². The van der Waals surface area contributed by atoms with E-state index >= 15 is 0 Å². The first kappa shape index (κ1) is 19.9. The van der Waals surface area contributed by atoms with E-state index in [4.69, 9.17) is 4.74 Å². The van der Waals surface area contributed by atoms with Crippen LogP contribution in [0, 0.1) is 6.92 Å². The van der Waals surface area contributed by atoms with E-state index < -0.39 is 12.1 Å². The maximum atomic E-state index is 12.4. The molecule has 2 rings (SSSR count). The van der Waals surface area contributed by atoms with Gasteiger partial charge in [0.15, 0.2) is 6.10 Å². The molecule has 1 unspecified atom stereocenters. The highest BCUT2D eigenvalue weighted by Crippen LogP contribution is 2.26. The van der Waals surface area contributed by atoms with E-state index in [9.17, 15) is 9.59 Å². The van der Waals surface area contributed by atoms with Crippen molar-refractivity contribution in [2.24, 2.45) is 0 Å². The van der Waals surface area contributed by atoms with Gasteiger partial charge in [0.25, 0.3) is 5.91 Å². The van der Waals surface area contributed by atoms with Crippen LogP contribution >= 0.6 is 11.5 Å². The van der Waals surface area contributed by atoms with Crippen LogP contribution < -0.4 is 10.6 Å². The molecule has 7 heteroatoms. The van der Waals surface area contributed by atoms with Gasteiger partial charge < -0.3 is 15.4 Å². The number of rotatable bonds is 5. The molecule has 1 atom stereocenters. The Morgan fingerprint density at radius 1 is 1.19 bits per heavy atom. The Balaban J connectivity index is 2.01. The predicted molar refractivity (Wildman–Crippen MR) is 105 cm³/mol. The zero-order valence-electron chi connectivity index (χ0n) is 16.0. The molecule has 0 aliphatic heterocycles. The summed E-state index contributed by atoms with van der Waals surface area (Å²) in [7, 11) is 1.71. The molecule has 6 nitrogen and oxygen atoms in total. The minimum absolute atomic E-state index is 0.0445. The van der Waals surface area contributed by atoms with Gasteiger partial charge in [-0.1, -0.05) is 32.9 Å². The van der Waals surface area contributed by atoms with E-state index in [2.05, 4.69) is 35.8 Å². The van der Waals surface area contributed by atoms with Crippen LogP contribution in [0.2, 0.25) is 0 Å². The van der Waals surface area contributed by atoms with Gasteiger partial charge in [0.2, 0.25) is 0 Å². The van der Waals surface area contributed by atoms with Gasteiger partial charge in [-0.05, 0) is 48.5 Å². The summed E-state index contributed by atoms with van der Waals surface area (Å²) < 4.78 is 9.44. The van der Waals surface area contributed by atoms with Gasteiger partial charge in [-0.3, -0.25) is 4.79 Å². The SMILES string of the molecule is CNc1snc(C)c1C(=O)OC(C)C(=O)Nc1ccc(C(C)(C)C)cc1. The quantitative estimate of drug-likeness (QED) is 0.773. The Morgan fingerprint density at radius 2 is 1.81 bits per heavy atom. The van der Waals surface area contributed by atoms with Crippen LogP contribution in [0.5, 0.6) is 0 Å². The highest BCUT2D eigenvalue weighted by molar-refractivity contribution is 7.10. The van der Waals surface area contributed by atoms with Crippen LogP contribution in [-0.2, 0) is 14.9 Å². The number of ether oxygens (including phenoxy) is 1. The van der Waals surface area contributed by atoms with E-state index in [-0.39, 0.29) is 11.3 Å². The highest BCUT2D eigenvalue weighted by Gasteiger charge is 2.24. The van der Waals surface area contributed by atoms with Crippen molar-refractivity contribution in [2.75, 3.05) is 17.7 Å². The Kier molecular flexibility index (Phi) is 6.02. The first-order chi connectivity index (χ1) is 12.1. The number of hydrogen-bond donors (Lipinski definition) is 2. The third-order valence-corrected chi connectivity index (χ3v) is 4.92. The largest absolute Gasteiger partial charge is 0.449 e. The molecule has 1 aromatic heterocycles. The molecule has 0 saturated carbocycles. The molecule has 0 bridgehead atoms. The van der Waals surface area contributed by atoms with Crippen LogP contribution in [0.25, 0.3) is 0 Å². The number of hydrogen-bond acceptors (Lipinski definition) is 6. The predicted octanol–water partition coefficient (Wildman–Crippen LogP) is 3.97. The summed E-state index contributed by atoms with van der Waals surface area (Å²) in [4.78, 5) is 24.7. The maximum absolute atomic E-state index is 12.4. The molecule has 0 saturated heterocycles. The lowest BCUT2D eigenvalue weighted by molar-refractivity contribution is -0.123. The smallest absolute Gasteiger partial charge is 0.343 e. The van der Waals surface area contributed by atoms with E-state index in [1.165, 1.54) is 17.1 Å². The van der Waals surface area contributed by atoms with Gasteiger partial charge in [-0.15, -0.1) is 0 Å². The molecule has 0 spiro atoms. The lowest BCUT2D eigenvalue weighted by Gasteiger charge is -2.19. The van der Waals surface area contributed by atoms with E-state index in [0.717, 1.165) is 0 Å². The lowest BCUT2D eigenvalue weighted by atomic mass is 9.87. The molecule has 140 valence electrons. The Hall–Kier alpha value is -2.41. The summed E-state index contributed by atoms with van der Waals surface area (Å²) in [6.45, 7) is 9.66. The highest BCUT2D eigenvalue weighted by atomic mass is 32.1. The summed E-state index contributed by atoms with van der Waals surface area (Å²) in [6, 6.07) is 7.65. The Morgan fingerprint density at radius 3 is 2.35 bits per heavy atom. The van der Waals surface area contributed by atoms with Gasteiger partial charge in [0.1, 0.15) is 10.6 Å². The number of amides is 1. The number of aromatic nitrogens is 1. The molecule has 0 fully saturated rings. The summed E-state index contributed by atoms with van der Waals surface area (Å²) >= 11 is 1.18. The second-order valence-corrected chi connectivity index (χ2v) is 7.86. The lowest BCUT2D eigenvalue weighted by Crippen LogP contribution is -2.30. The monoisotopic (exact) mass is 375 g/mol. The molecular weight excluding hydrogens is 350 g/mol. The first-order valence-electron chi connectivity index (χ1n) is 8.40. The summed E-state index contributed by atoms with van der Waals surface area (Å²) in [5, 5.41) is 6.30. The van der Waals surface area contributed by atoms with Crippen LogP contribution in [0.3, 0.4) is 0 Å².